The van der Waals surface area contributed by atoms with E-state index in [1.165, 1.54) is 0 Å². The number of rotatable bonds is 5. The van der Waals surface area contributed by atoms with Gasteiger partial charge >= 0.3 is 6.03 Å². The van der Waals surface area contributed by atoms with Gasteiger partial charge in [0.15, 0.2) is 5.82 Å². The van der Waals surface area contributed by atoms with Crippen LogP contribution in [0.15, 0.2) is 6.33 Å². The van der Waals surface area contributed by atoms with E-state index in [1.54, 1.807) is 4.90 Å². The minimum atomic E-state index is -2.89. The van der Waals surface area contributed by atoms with Gasteiger partial charge in [-0.3, -0.25) is 9.80 Å². The van der Waals surface area contributed by atoms with Gasteiger partial charge in [-0.05, 0) is 52.4 Å². The highest BCUT2D eigenvalue weighted by Crippen LogP contribution is 2.38. The van der Waals surface area contributed by atoms with Crippen LogP contribution in [0.2, 0.25) is 0 Å². The molecule has 0 spiro atoms. The van der Waals surface area contributed by atoms with Gasteiger partial charge in [-0.2, -0.15) is 5.10 Å². The largest absolute Gasteiger partial charge is 0.328 e. The first-order chi connectivity index (χ1) is 16.7. The van der Waals surface area contributed by atoms with E-state index in [0.29, 0.717) is 38.0 Å². The first kappa shape index (κ1) is 24.9. The lowest BCUT2D eigenvalue weighted by Gasteiger charge is -2.48. The Labute approximate surface area is 207 Å². The lowest BCUT2D eigenvalue weighted by molar-refractivity contribution is -0.0973. The maximum absolute atomic E-state index is 15.1. The summed E-state index contributed by atoms with van der Waals surface area (Å²) >= 11 is 0. The van der Waals surface area contributed by atoms with E-state index in [0.717, 1.165) is 57.7 Å². The molecule has 2 unspecified atom stereocenters. The van der Waals surface area contributed by atoms with E-state index in [1.807, 2.05) is 11.0 Å². The van der Waals surface area contributed by atoms with Crippen molar-refractivity contribution in [3.05, 3.63) is 12.2 Å². The average molecular weight is 494 g/mol. The molecule has 2 saturated carbocycles. The average Bonchev–Trinajstić information content (AvgIpc) is 3.56. The second-order valence-corrected chi connectivity index (χ2v) is 11.6. The number of likely N-dealkylation sites (tertiary alicyclic amines) is 1. The Bertz CT molecular complexity index is 886. The van der Waals surface area contributed by atoms with Crippen LogP contribution in [0.5, 0.6) is 0 Å². The van der Waals surface area contributed by atoms with Crippen molar-refractivity contribution in [1.82, 2.24) is 34.8 Å². The van der Waals surface area contributed by atoms with Gasteiger partial charge in [0.2, 0.25) is 0 Å². The third-order valence-corrected chi connectivity index (χ3v) is 8.80. The second kappa shape index (κ2) is 9.57. The van der Waals surface area contributed by atoms with E-state index >= 15 is 8.78 Å². The minimum Gasteiger partial charge on any atom is -0.328 e. The van der Waals surface area contributed by atoms with E-state index in [9.17, 15) is 4.79 Å². The summed E-state index contributed by atoms with van der Waals surface area (Å²) in [4.78, 5) is 24.0. The van der Waals surface area contributed by atoms with Crippen molar-refractivity contribution in [3.63, 3.8) is 0 Å². The number of hydrogen-bond donors (Lipinski definition) is 1. The molecule has 2 amide bonds. The molecule has 10 heteroatoms. The molecule has 8 nitrogen and oxygen atoms in total. The lowest BCUT2D eigenvalue weighted by atomic mass is 9.79. The summed E-state index contributed by atoms with van der Waals surface area (Å²) in [5.41, 5.74) is -0.190. The zero-order chi connectivity index (χ0) is 24.8. The number of nitrogens with zero attached hydrogens (tertiary/aromatic N) is 6. The number of hydrogen-bond acceptors (Lipinski definition) is 5. The molecule has 35 heavy (non-hydrogen) atoms. The van der Waals surface area contributed by atoms with Gasteiger partial charge in [-0.25, -0.2) is 23.2 Å². The number of carbonyl (C=O) groups is 1. The SMILES string of the molecule is CC(C)N1CCN(C2CCCC(F)(F)C2NC(=O)N2CCC(C)(c3ncn(C4CC4)n3)CC2)CC1. The van der Waals surface area contributed by atoms with E-state index in [-0.39, 0.29) is 23.9 Å². The monoisotopic (exact) mass is 493 g/mol. The van der Waals surface area contributed by atoms with Crippen molar-refractivity contribution in [2.45, 2.75) is 101 Å². The number of carbonyl (C=O) groups excluding carboxylic acids is 1. The van der Waals surface area contributed by atoms with Crippen molar-refractivity contribution in [1.29, 1.82) is 0 Å². The number of aromatic nitrogens is 3. The Morgan fingerprint density at radius 2 is 1.74 bits per heavy atom. The zero-order valence-corrected chi connectivity index (χ0v) is 21.4. The fourth-order valence-electron chi connectivity index (χ4n) is 6.05. The normalized spacial score (nSPS) is 29.9. The minimum absolute atomic E-state index is 0.159. The fraction of sp³-hybridized carbons (Fsp3) is 0.880. The van der Waals surface area contributed by atoms with Gasteiger partial charge in [-0.15, -0.1) is 0 Å². The molecular weight excluding hydrogens is 452 g/mol. The molecule has 5 rings (SSSR count). The smallest absolute Gasteiger partial charge is 0.317 e. The Balaban J connectivity index is 1.20. The lowest BCUT2D eigenvalue weighted by Crippen LogP contribution is -2.66. The number of piperazine rings is 1. The predicted octanol–water partition coefficient (Wildman–Crippen LogP) is 3.26. The van der Waals surface area contributed by atoms with E-state index < -0.39 is 12.0 Å². The molecule has 196 valence electrons. The standard InChI is InChI=1S/C25H41F2N7O/c1-18(2)31-13-15-32(16-14-31)20-5-4-8-25(26,27)21(20)29-23(35)33-11-9-24(3,10-12-33)22-28-17-34(30-22)19-6-7-19/h17-21H,4-16H2,1-3H3,(H,29,35). The number of halogens is 2. The topological polar surface area (TPSA) is 69.5 Å². The highest BCUT2D eigenvalue weighted by Gasteiger charge is 2.50. The Hall–Kier alpha value is -1.81. The summed E-state index contributed by atoms with van der Waals surface area (Å²) in [6.07, 6.45) is 6.65. The third-order valence-electron chi connectivity index (χ3n) is 8.80. The highest BCUT2D eigenvalue weighted by molar-refractivity contribution is 5.75. The highest BCUT2D eigenvalue weighted by atomic mass is 19.3. The van der Waals surface area contributed by atoms with E-state index in [4.69, 9.17) is 5.10 Å². The van der Waals surface area contributed by atoms with Gasteiger partial charge in [0.05, 0.1) is 6.04 Å². The summed E-state index contributed by atoms with van der Waals surface area (Å²) < 4.78 is 32.2. The van der Waals surface area contributed by atoms with Gasteiger partial charge in [-0.1, -0.05) is 6.92 Å². The summed E-state index contributed by atoms with van der Waals surface area (Å²) in [6.45, 7) is 10.9. The fourth-order valence-corrected chi connectivity index (χ4v) is 6.05. The van der Waals surface area contributed by atoms with Gasteiger partial charge < -0.3 is 10.2 Å². The van der Waals surface area contributed by atoms with Crippen LogP contribution in [0.1, 0.15) is 77.6 Å². The molecule has 4 aliphatic rings. The summed E-state index contributed by atoms with van der Waals surface area (Å²) in [5.74, 6) is -2.05. The van der Waals surface area contributed by atoms with Crippen LogP contribution in [0.3, 0.4) is 0 Å². The number of alkyl halides is 2. The molecule has 1 aromatic heterocycles. The van der Waals surface area contributed by atoms with Crippen molar-refractivity contribution >= 4 is 6.03 Å². The van der Waals surface area contributed by atoms with Gasteiger partial charge in [0.25, 0.3) is 5.92 Å². The second-order valence-electron chi connectivity index (χ2n) is 11.6. The van der Waals surface area contributed by atoms with Crippen molar-refractivity contribution in [2.75, 3.05) is 39.3 Å². The molecule has 2 aliphatic heterocycles. The molecule has 0 radical (unpaired) electrons. The molecule has 1 aromatic rings. The van der Waals surface area contributed by atoms with Gasteiger partial charge in [0.1, 0.15) is 12.4 Å². The van der Waals surface area contributed by atoms with Crippen LogP contribution in [0.25, 0.3) is 0 Å². The number of urea groups is 1. The molecule has 2 atom stereocenters. The zero-order valence-electron chi connectivity index (χ0n) is 21.4. The Morgan fingerprint density at radius 1 is 1.06 bits per heavy atom. The van der Waals surface area contributed by atoms with Crippen molar-refractivity contribution < 1.29 is 13.6 Å². The number of piperidine rings is 1. The van der Waals surface area contributed by atoms with Crippen LogP contribution in [-0.4, -0.2) is 98.8 Å². The molecule has 0 aromatic carbocycles. The van der Waals surface area contributed by atoms with Crippen LogP contribution in [0, 0.1) is 0 Å². The van der Waals surface area contributed by atoms with E-state index in [2.05, 4.69) is 40.9 Å². The van der Waals surface area contributed by atoms with Crippen LogP contribution >= 0.6 is 0 Å². The number of amides is 2. The van der Waals surface area contributed by atoms with Crippen LogP contribution in [-0.2, 0) is 5.41 Å². The Morgan fingerprint density at radius 3 is 2.37 bits per heavy atom. The summed E-state index contributed by atoms with van der Waals surface area (Å²) in [5, 5.41) is 7.51. The summed E-state index contributed by atoms with van der Waals surface area (Å²) in [7, 11) is 0. The number of nitrogens with one attached hydrogen (secondary N) is 1. The van der Waals surface area contributed by atoms with Crippen molar-refractivity contribution in [3.8, 4) is 0 Å². The van der Waals surface area contributed by atoms with Crippen molar-refractivity contribution in [2.24, 2.45) is 0 Å². The third kappa shape index (κ3) is 5.19. The molecule has 3 heterocycles. The quantitative estimate of drug-likeness (QED) is 0.682. The maximum Gasteiger partial charge on any atom is 0.317 e. The first-order valence-electron chi connectivity index (χ1n) is 13.5. The molecule has 2 saturated heterocycles. The van der Waals surface area contributed by atoms with Crippen LogP contribution in [0.4, 0.5) is 13.6 Å². The maximum atomic E-state index is 15.1. The molecule has 1 N–H and O–H groups in total. The van der Waals surface area contributed by atoms with Gasteiger partial charge in [0, 0.05) is 63.2 Å². The summed E-state index contributed by atoms with van der Waals surface area (Å²) in [6, 6.07) is -0.866. The first-order valence-corrected chi connectivity index (χ1v) is 13.5. The Kier molecular flexibility index (Phi) is 6.80. The molecule has 0 bridgehead atoms. The predicted molar refractivity (Wildman–Crippen MR) is 130 cm³/mol. The molecule has 4 fully saturated rings. The molecule has 2 aliphatic carbocycles. The molecular formula is C25H41F2N7O. The van der Waals surface area contributed by atoms with Crippen LogP contribution < -0.4 is 5.32 Å².